The Kier molecular flexibility index (Phi) is 6.81. The Morgan fingerprint density at radius 2 is 1.73 bits per heavy atom. The predicted octanol–water partition coefficient (Wildman–Crippen LogP) is 5.69. The zero-order valence-electron chi connectivity index (χ0n) is 17.5. The van der Waals surface area contributed by atoms with Gasteiger partial charge < -0.3 is 4.74 Å². The molecule has 1 heterocycles. The first-order valence-corrected chi connectivity index (χ1v) is 9.53. The number of aromatic nitrogens is 2. The summed E-state index contributed by atoms with van der Waals surface area (Å²) >= 11 is 6.34. The van der Waals surface area contributed by atoms with E-state index in [1.165, 1.54) is 13.0 Å². The lowest BCUT2D eigenvalue weighted by Gasteiger charge is -2.15. The van der Waals surface area contributed by atoms with Crippen LogP contribution in [-0.4, -0.2) is 27.7 Å². The molecule has 0 spiro atoms. The maximum atomic E-state index is 13.3. The molecule has 0 aliphatic heterocycles. The van der Waals surface area contributed by atoms with Gasteiger partial charge in [-0.3, -0.25) is 4.79 Å². The monoisotopic (exact) mass is 442 g/mol. The minimum atomic E-state index is -5.21. The van der Waals surface area contributed by atoms with Crippen LogP contribution in [0.5, 0.6) is 5.88 Å². The molecule has 0 saturated carbocycles. The Morgan fingerprint density at radius 1 is 1.13 bits per heavy atom. The third kappa shape index (κ3) is 4.43. The maximum absolute atomic E-state index is 13.3. The van der Waals surface area contributed by atoms with Gasteiger partial charge in [0.05, 0.1) is 5.69 Å². The summed E-state index contributed by atoms with van der Waals surface area (Å²) in [5, 5.41) is 4.51. The van der Waals surface area contributed by atoms with Crippen LogP contribution < -0.4 is 4.74 Å². The summed E-state index contributed by atoms with van der Waals surface area (Å²) in [5.74, 6) is -3.55. The molecule has 2 aromatic rings. The fourth-order valence-corrected chi connectivity index (χ4v) is 3.40. The summed E-state index contributed by atoms with van der Waals surface area (Å²) in [6.45, 7) is 10.6. The van der Waals surface area contributed by atoms with Crippen molar-refractivity contribution in [1.82, 2.24) is 9.78 Å². The lowest BCUT2D eigenvalue weighted by Crippen LogP contribution is -2.29. The van der Waals surface area contributed by atoms with Crippen molar-refractivity contribution < 1.29 is 27.5 Å². The summed E-state index contributed by atoms with van der Waals surface area (Å²) in [7, 11) is 0. The van der Waals surface area contributed by atoms with Gasteiger partial charge in [0.25, 0.3) is 0 Å². The smallest absolute Gasteiger partial charge is 0.400 e. The van der Waals surface area contributed by atoms with E-state index in [4.69, 9.17) is 11.6 Å². The number of esters is 1. The fourth-order valence-electron chi connectivity index (χ4n) is 3.06. The number of halogens is 4. The highest BCUT2D eigenvalue weighted by Gasteiger charge is 2.43. The van der Waals surface area contributed by atoms with Crippen molar-refractivity contribution in [1.29, 1.82) is 0 Å². The molecule has 0 saturated heterocycles. The van der Waals surface area contributed by atoms with Gasteiger partial charge in [-0.25, -0.2) is 9.48 Å². The van der Waals surface area contributed by atoms with Crippen molar-refractivity contribution in [2.45, 2.75) is 54.3 Å². The van der Waals surface area contributed by atoms with Crippen LogP contribution in [0.2, 0.25) is 5.02 Å². The van der Waals surface area contributed by atoms with Crippen LogP contribution in [-0.2, 0) is 11.3 Å². The Morgan fingerprint density at radius 3 is 2.23 bits per heavy atom. The number of alkyl halides is 3. The zero-order valence-corrected chi connectivity index (χ0v) is 18.2. The highest BCUT2D eigenvalue weighted by atomic mass is 35.5. The molecule has 0 N–H and O–H groups in total. The summed E-state index contributed by atoms with van der Waals surface area (Å²) in [4.78, 5) is 24.8. The molecular weight excluding hydrogens is 421 g/mol. The van der Waals surface area contributed by atoms with E-state index in [0.29, 0.717) is 16.1 Å². The lowest BCUT2D eigenvalue weighted by atomic mass is 9.91. The van der Waals surface area contributed by atoms with Crippen molar-refractivity contribution in [3.63, 3.8) is 0 Å². The van der Waals surface area contributed by atoms with Crippen LogP contribution in [0.1, 0.15) is 60.4 Å². The number of benzene rings is 1. The van der Waals surface area contributed by atoms with Crippen molar-refractivity contribution in [3.05, 3.63) is 50.7 Å². The van der Waals surface area contributed by atoms with Crippen molar-refractivity contribution >= 4 is 28.9 Å². The molecule has 9 heteroatoms. The maximum Gasteiger partial charge on any atom is 0.491 e. The molecule has 0 bridgehead atoms. The molecule has 0 aliphatic carbocycles. The number of carbonyl (C=O) groups is 2. The molecule has 0 atom stereocenters. The summed E-state index contributed by atoms with van der Waals surface area (Å²) in [6, 6.07) is 3.06. The molecule has 2 rings (SSSR count). The van der Waals surface area contributed by atoms with E-state index in [2.05, 4.69) is 9.84 Å². The van der Waals surface area contributed by atoms with Crippen molar-refractivity contribution in [2.75, 3.05) is 0 Å². The van der Waals surface area contributed by atoms with E-state index in [9.17, 15) is 22.8 Å². The SMILES string of the molecule is CCn1nc(C)c(C(=O)c2ccc(Cl)c(C(C)=C(C)C)c2C)c1OC(=O)C(F)(F)F. The fraction of sp³-hybridized carbons (Fsp3) is 0.381. The number of rotatable bonds is 5. The number of ether oxygens (including phenoxy) is 1. The van der Waals surface area contributed by atoms with Gasteiger partial charge in [0.2, 0.25) is 11.7 Å². The second-order valence-electron chi connectivity index (χ2n) is 7.02. The van der Waals surface area contributed by atoms with Crippen LogP contribution in [0.4, 0.5) is 13.2 Å². The normalized spacial score (nSPS) is 11.4. The summed E-state index contributed by atoms with van der Waals surface area (Å²) < 4.78 is 43.9. The largest absolute Gasteiger partial charge is 0.491 e. The summed E-state index contributed by atoms with van der Waals surface area (Å²) in [6.07, 6.45) is -5.21. The number of hydrogen-bond acceptors (Lipinski definition) is 4. The van der Waals surface area contributed by atoms with Crippen LogP contribution >= 0.6 is 11.6 Å². The molecule has 0 radical (unpaired) electrons. The summed E-state index contributed by atoms with van der Waals surface area (Å²) in [5.41, 5.74) is 3.33. The Hall–Kier alpha value is -2.61. The predicted molar refractivity (Wildman–Crippen MR) is 108 cm³/mol. The highest BCUT2D eigenvalue weighted by Crippen LogP contribution is 2.34. The minimum Gasteiger partial charge on any atom is -0.400 e. The van der Waals surface area contributed by atoms with E-state index in [-0.39, 0.29) is 23.4 Å². The van der Waals surface area contributed by atoms with Gasteiger partial charge in [-0.2, -0.15) is 18.3 Å². The third-order valence-electron chi connectivity index (χ3n) is 4.81. The van der Waals surface area contributed by atoms with Crippen LogP contribution in [0.15, 0.2) is 17.7 Å². The van der Waals surface area contributed by atoms with E-state index in [0.717, 1.165) is 15.8 Å². The molecular formula is C21H22ClF3N2O3. The van der Waals surface area contributed by atoms with Gasteiger partial charge >= 0.3 is 12.1 Å². The second-order valence-corrected chi connectivity index (χ2v) is 7.42. The van der Waals surface area contributed by atoms with Gasteiger partial charge in [-0.05, 0) is 70.4 Å². The van der Waals surface area contributed by atoms with E-state index in [1.54, 1.807) is 19.9 Å². The van der Waals surface area contributed by atoms with Crippen LogP contribution in [0.25, 0.3) is 5.57 Å². The minimum absolute atomic E-state index is 0.107. The lowest BCUT2D eigenvalue weighted by molar-refractivity contribution is -0.190. The Labute approximate surface area is 177 Å². The molecule has 1 aromatic carbocycles. The number of ketones is 1. The first-order chi connectivity index (χ1) is 13.8. The van der Waals surface area contributed by atoms with Crippen LogP contribution in [0.3, 0.4) is 0 Å². The number of allylic oxidation sites excluding steroid dienone is 2. The first-order valence-electron chi connectivity index (χ1n) is 9.15. The highest BCUT2D eigenvalue weighted by molar-refractivity contribution is 6.33. The van der Waals surface area contributed by atoms with Crippen molar-refractivity contribution in [2.24, 2.45) is 0 Å². The standard InChI is InChI=1S/C21H22ClF3N2O3/c1-7-27-19(30-20(29)21(23,24)25)17(13(6)26-27)18(28)14-8-9-15(22)16(12(14)5)11(4)10(2)3/h8-9H,7H2,1-6H3. The van der Waals surface area contributed by atoms with Gasteiger partial charge in [0.15, 0.2) is 0 Å². The van der Waals surface area contributed by atoms with E-state index < -0.39 is 23.8 Å². The molecule has 1 aromatic heterocycles. The quantitative estimate of drug-likeness (QED) is 0.441. The number of aryl methyl sites for hydroxylation is 2. The second kappa shape index (κ2) is 8.63. The van der Waals surface area contributed by atoms with Gasteiger partial charge in [0.1, 0.15) is 5.56 Å². The Bertz CT molecular complexity index is 1050. The van der Waals surface area contributed by atoms with E-state index in [1.807, 2.05) is 20.8 Å². The van der Waals surface area contributed by atoms with Crippen LogP contribution in [0, 0.1) is 13.8 Å². The number of carbonyl (C=O) groups excluding carboxylic acids is 2. The number of hydrogen-bond donors (Lipinski definition) is 0. The zero-order chi connectivity index (χ0) is 23.0. The van der Waals surface area contributed by atoms with Gasteiger partial charge in [0, 0.05) is 17.1 Å². The molecule has 30 heavy (non-hydrogen) atoms. The topological polar surface area (TPSA) is 61.2 Å². The number of nitrogens with zero attached hydrogens (tertiary/aromatic N) is 2. The average Bonchev–Trinajstić information content (AvgIpc) is 2.95. The van der Waals surface area contributed by atoms with Gasteiger partial charge in [-0.15, -0.1) is 0 Å². The third-order valence-corrected chi connectivity index (χ3v) is 5.13. The van der Waals surface area contributed by atoms with Crippen molar-refractivity contribution in [3.8, 4) is 5.88 Å². The Balaban J connectivity index is 2.68. The molecule has 0 amide bonds. The average molecular weight is 443 g/mol. The first kappa shape index (κ1) is 23.7. The molecule has 162 valence electrons. The molecule has 0 aliphatic rings. The molecule has 5 nitrogen and oxygen atoms in total. The molecule has 0 unspecified atom stereocenters. The van der Waals surface area contributed by atoms with Gasteiger partial charge in [-0.1, -0.05) is 17.2 Å². The molecule has 0 fully saturated rings. The van der Waals surface area contributed by atoms with E-state index >= 15 is 0 Å².